The number of benzene rings is 1. The van der Waals surface area contributed by atoms with Crippen LogP contribution in [0.4, 0.5) is 8.78 Å². The van der Waals surface area contributed by atoms with E-state index in [0.29, 0.717) is 32.6 Å². The summed E-state index contributed by atoms with van der Waals surface area (Å²) in [6, 6.07) is 8.69. The van der Waals surface area contributed by atoms with Gasteiger partial charge in [0, 0.05) is 71.7 Å². The topological polar surface area (TPSA) is 39.2 Å². The zero-order chi connectivity index (χ0) is 20.3. The maximum Gasteiger partial charge on any atom is 0.250 e. The van der Waals surface area contributed by atoms with Gasteiger partial charge in [0.05, 0.1) is 18.8 Å². The molecule has 0 aliphatic carbocycles. The molecule has 0 radical (unpaired) electrons. The summed E-state index contributed by atoms with van der Waals surface area (Å²) in [5.74, 6) is -2.53. The van der Waals surface area contributed by atoms with E-state index in [-0.39, 0.29) is 12.8 Å². The van der Waals surface area contributed by atoms with Crippen LogP contribution in [-0.4, -0.2) is 90.4 Å². The lowest BCUT2D eigenvalue weighted by atomic mass is 10.00. The molecule has 1 N–H and O–H groups in total. The molecule has 3 aliphatic heterocycles. The first kappa shape index (κ1) is 21.1. The molecular formula is C22H33F2N3O2. The highest BCUT2D eigenvalue weighted by atomic mass is 19.3. The molecule has 4 rings (SSSR count). The number of morpholine rings is 1. The van der Waals surface area contributed by atoms with E-state index in [1.54, 1.807) is 0 Å². The van der Waals surface area contributed by atoms with Gasteiger partial charge >= 0.3 is 0 Å². The van der Waals surface area contributed by atoms with Gasteiger partial charge in [0.2, 0.25) is 0 Å². The van der Waals surface area contributed by atoms with Crippen molar-refractivity contribution < 1.29 is 18.6 Å². The van der Waals surface area contributed by atoms with E-state index in [4.69, 9.17) is 4.74 Å². The van der Waals surface area contributed by atoms with Crippen molar-refractivity contribution in [2.24, 2.45) is 0 Å². The van der Waals surface area contributed by atoms with Crippen molar-refractivity contribution in [3.8, 4) is 0 Å². The maximum absolute atomic E-state index is 13.4. The Morgan fingerprint density at radius 3 is 2.17 bits per heavy atom. The van der Waals surface area contributed by atoms with Gasteiger partial charge in [-0.15, -0.1) is 0 Å². The van der Waals surface area contributed by atoms with E-state index in [2.05, 4.69) is 34.1 Å². The van der Waals surface area contributed by atoms with E-state index in [0.717, 1.165) is 45.9 Å². The molecule has 1 aromatic rings. The number of hydrogen-bond donors (Lipinski definition) is 1. The predicted octanol–water partition coefficient (Wildman–Crippen LogP) is 2.19. The molecule has 0 aromatic heterocycles. The smallest absolute Gasteiger partial charge is 0.250 e. The number of piperidine rings is 1. The van der Waals surface area contributed by atoms with Gasteiger partial charge in [0.15, 0.2) is 0 Å². The number of aliphatic hydroxyl groups is 1. The Morgan fingerprint density at radius 1 is 0.862 bits per heavy atom. The Bertz CT molecular complexity index is 674. The van der Waals surface area contributed by atoms with Crippen LogP contribution in [0.3, 0.4) is 0 Å². The molecule has 1 aromatic carbocycles. The molecule has 0 bridgehead atoms. The number of rotatable bonds is 6. The molecule has 29 heavy (non-hydrogen) atoms. The predicted molar refractivity (Wildman–Crippen MR) is 108 cm³/mol. The lowest BCUT2D eigenvalue weighted by molar-refractivity contribution is -0.0724. The van der Waals surface area contributed by atoms with Gasteiger partial charge in [0.25, 0.3) is 5.92 Å². The molecule has 1 atom stereocenters. The molecule has 3 heterocycles. The Kier molecular flexibility index (Phi) is 6.51. The minimum atomic E-state index is -2.53. The molecule has 3 aliphatic rings. The van der Waals surface area contributed by atoms with Crippen LogP contribution in [0.5, 0.6) is 0 Å². The quantitative estimate of drug-likeness (QED) is 0.780. The van der Waals surface area contributed by atoms with Crippen molar-refractivity contribution in [2.75, 3.05) is 59.0 Å². The number of β-amino-alcohol motifs (C(OH)–C–C–N with tert-alkyl or cyclic N) is 1. The average molecular weight is 410 g/mol. The van der Waals surface area contributed by atoms with Crippen LogP contribution in [0.15, 0.2) is 24.3 Å². The molecule has 3 saturated heterocycles. The van der Waals surface area contributed by atoms with Crippen molar-refractivity contribution in [3.63, 3.8) is 0 Å². The van der Waals surface area contributed by atoms with Crippen LogP contribution >= 0.6 is 0 Å². The lowest BCUT2D eigenvalue weighted by Crippen LogP contribution is -2.49. The maximum atomic E-state index is 13.4. The second kappa shape index (κ2) is 8.94. The summed E-state index contributed by atoms with van der Waals surface area (Å²) < 4.78 is 32.2. The van der Waals surface area contributed by atoms with E-state index >= 15 is 0 Å². The van der Waals surface area contributed by atoms with E-state index in [1.165, 1.54) is 11.1 Å². The summed E-state index contributed by atoms with van der Waals surface area (Å²) in [5.41, 5.74) is 1.78. The number of hydrogen-bond acceptors (Lipinski definition) is 5. The van der Waals surface area contributed by atoms with Crippen molar-refractivity contribution in [1.29, 1.82) is 0 Å². The summed E-state index contributed by atoms with van der Waals surface area (Å²) >= 11 is 0. The summed E-state index contributed by atoms with van der Waals surface area (Å²) in [6.45, 7) is 8.02. The summed E-state index contributed by atoms with van der Waals surface area (Å²) in [5, 5.41) is 11.0. The van der Waals surface area contributed by atoms with Crippen LogP contribution in [0.2, 0.25) is 0 Å². The van der Waals surface area contributed by atoms with Gasteiger partial charge in [-0.1, -0.05) is 24.3 Å². The molecule has 0 amide bonds. The fraction of sp³-hybridized carbons (Fsp3) is 0.727. The van der Waals surface area contributed by atoms with Gasteiger partial charge in [-0.05, 0) is 17.5 Å². The number of alkyl halides is 2. The third-order valence-electron chi connectivity index (χ3n) is 6.42. The van der Waals surface area contributed by atoms with E-state index < -0.39 is 11.5 Å². The Morgan fingerprint density at radius 2 is 1.48 bits per heavy atom. The third-order valence-corrected chi connectivity index (χ3v) is 6.42. The highest BCUT2D eigenvalue weighted by Gasteiger charge is 2.40. The van der Waals surface area contributed by atoms with Crippen LogP contribution < -0.4 is 0 Å². The highest BCUT2D eigenvalue weighted by Crippen LogP contribution is 2.30. The van der Waals surface area contributed by atoms with Crippen LogP contribution in [0, 0.1) is 0 Å². The minimum absolute atomic E-state index is 0.0945. The fourth-order valence-corrected chi connectivity index (χ4v) is 4.76. The average Bonchev–Trinajstić information content (AvgIpc) is 3.05. The largest absolute Gasteiger partial charge is 0.387 e. The Hall–Kier alpha value is -1.12. The molecule has 0 unspecified atom stereocenters. The van der Waals surface area contributed by atoms with Gasteiger partial charge < -0.3 is 9.84 Å². The second-order valence-electron chi connectivity index (χ2n) is 9.03. The molecule has 3 fully saturated rings. The number of halogens is 2. The van der Waals surface area contributed by atoms with E-state index in [1.807, 2.05) is 4.90 Å². The minimum Gasteiger partial charge on any atom is -0.387 e. The van der Waals surface area contributed by atoms with Gasteiger partial charge in [-0.25, -0.2) is 8.78 Å². The van der Waals surface area contributed by atoms with Gasteiger partial charge in [-0.2, -0.15) is 0 Å². The third kappa shape index (κ3) is 5.95. The molecular weight excluding hydrogens is 376 g/mol. The van der Waals surface area contributed by atoms with Crippen molar-refractivity contribution >= 4 is 0 Å². The summed E-state index contributed by atoms with van der Waals surface area (Å²) in [6.07, 6.45) is 0.513. The molecule has 0 spiro atoms. The first-order chi connectivity index (χ1) is 13.9. The van der Waals surface area contributed by atoms with E-state index in [9.17, 15) is 13.9 Å². The Labute approximate surface area is 172 Å². The first-order valence-corrected chi connectivity index (χ1v) is 10.8. The highest BCUT2D eigenvalue weighted by molar-refractivity contribution is 5.23. The monoisotopic (exact) mass is 409 g/mol. The van der Waals surface area contributed by atoms with Gasteiger partial charge in [0.1, 0.15) is 0 Å². The molecule has 5 nitrogen and oxygen atoms in total. The molecule has 162 valence electrons. The van der Waals surface area contributed by atoms with Crippen molar-refractivity contribution in [3.05, 3.63) is 35.4 Å². The lowest BCUT2D eigenvalue weighted by Gasteiger charge is -2.36. The zero-order valence-corrected chi connectivity index (χ0v) is 17.2. The van der Waals surface area contributed by atoms with Crippen LogP contribution in [-0.2, 0) is 17.8 Å². The van der Waals surface area contributed by atoms with Crippen molar-refractivity contribution in [1.82, 2.24) is 14.7 Å². The number of ether oxygens (including phenoxy) is 1. The molecule has 7 heteroatoms. The van der Waals surface area contributed by atoms with Crippen molar-refractivity contribution in [2.45, 2.75) is 43.9 Å². The number of nitrogens with zero attached hydrogens (tertiary/aromatic N) is 3. The summed E-state index contributed by atoms with van der Waals surface area (Å²) in [7, 11) is 0. The molecule has 0 saturated carbocycles. The second-order valence-corrected chi connectivity index (χ2v) is 9.03. The first-order valence-electron chi connectivity index (χ1n) is 10.8. The Balaban J connectivity index is 1.27. The van der Waals surface area contributed by atoms with Crippen LogP contribution in [0.1, 0.15) is 30.4 Å². The fourth-order valence-electron chi connectivity index (χ4n) is 4.76. The SMILES string of the molecule is O[C@]1(CN2CCC(F)(F)CC2)CCN(Cc2cccc(CN3CCOCC3)c2)C1. The van der Waals surface area contributed by atoms with Crippen LogP contribution in [0.25, 0.3) is 0 Å². The summed E-state index contributed by atoms with van der Waals surface area (Å²) in [4.78, 5) is 6.70. The standard InChI is InChI=1S/C22H33F2N3O2/c23-22(24)5-8-26(9-6-22)17-21(28)4-7-27(18-21)16-20-3-1-2-19(14-20)15-25-10-12-29-13-11-25/h1-3,14,28H,4-13,15-18H2/t21-/m0/s1. The zero-order valence-electron chi connectivity index (χ0n) is 17.2. The number of likely N-dealkylation sites (tertiary alicyclic amines) is 2. The normalized spacial score (nSPS) is 29.3. The van der Waals surface area contributed by atoms with Gasteiger partial charge in [-0.3, -0.25) is 14.7 Å².